The highest BCUT2D eigenvalue weighted by molar-refractivity contribution is 5.98. The predicted octanol–water partition coefficient (Wildman–Crippen LogP) is 18.6. The van der Waals surface area contributed by atoms with Gasteiger partial charge >= 0.3 is 0 Å². The summed E-state index contributed by atoms with van der Waals surface area (Å²) in [6.45, 7) is 14.4. The second-order valence-electron chi connectivity index (χ2n) is 23.1. The molecule has 0 aliphatic heterocycles. The molecule has 0 saturated carbocycles. The van der Waals surface area contributed by atoms with Gasteiger partial charge in [-0.3, -0.25) is 0 Å². The topological polar surface area (TPSA) is 0 Å². The maximum Gasteiger partial charge on any atom is 0.0159 e. The van der Waals surface area contributed by atoms with Gasteiger partial charge in [-0.15, -0.1) is 0 Å². The van der Waals surface area contributed by atoms with Crippen molar-refractivity contribution in [1.82, 2.24) is 0 Å². The summed E-state index contributed by atoms with van der Waals surface area (Å²) in [4.78, 5) is 0. The molecule has 4 aliphatic carbocycles. The van der Waals surface area contributed by atoms with Crippen molar-refractivity contribution in [1.29, 1.82) is 0 Å². The maximum atomic E-state index is 2.51. The van der Waals surface area contributed by atoms with Gasteiger partial charge in [0.1, 0.15) is 0 Å². The van der Waals surface area contributed by atoms with Gasteiger partial charge in [-0.1, -0.05) is 230 Å². The summed E-state index contributed by atoms with van der Waals surface area (Å²) < 4.78 is 0. The van der Waals surface area contributed by atoms with Crippen molar-refractivity contribution in [3.8, 4) is 66.8 Å². The largest absolute Gasteiger partial charge is 0.0722 e. The summed E-state index contributed by atoms with van der Waals surface area (Å²) in [7, 11) is 0. The van der Waals surface area contributed by atoms with Gasteiger partial charge in [0.05, 0.1) is 0 Å². The Morgan fingerprint density at radius 3 is 1.53 bits per heavy atom. The molecule has 0 fully saturated rings. The molecule has 0 aromatic heterocycles. The number of rotatable bonds is 8. The Balaban J connectivity index is 0.716. The lowest BCUT2D eigenvalue weighted by Gasteiger charge is -2.26. The number of fused-ring (bicyclic) bond motifs is 8. The van der Waals surface area contributed by atoms with E-state index in [9.17, 15) is 0 Å². The van der Waals surface area contributed by atoms with Crippen LogP contribution < -0.4 is 10.4 Å². The molecule has 0 saturated heterocycles. The number of hydrogen-bond acceptors (Lipinski definition) is 0. The van der Waals surface area contributed by atoms with E-state index in [-0.39, 0.29) is 10.8 Å². The summed E-state index contributed by atoms with van der Waals surface area (Å²) in [6.07, 6.45) is 10.2. The Labute approximate surface area is 448 Å². The molecule has 1 unspecified atom stereocenters. The molecule has 10 aromatic carbocycles. The van der Waals surface area contributed by atoms with Crippen LogP contribution in [0.25, 0.3) is 100 Å². The lowest BCUT2D eigenvalue weighted by molar-refractivity contribution is 0.660. The molecular formula is C76H62. The van der Waals surface area contributed by atoms with Crippen LogP contribution in [0.5, 0.6) is 0 Å². The predicted molar refractivity (Wildman–Crippen MR) is 324 cm³/mol. The van der Waals surface area contributed by atoms with Crippen molar-refractivity contribution in [3.63, 3.8) is 0 Å². The summed E-state index contributed by atoms with van der Waals surface area (Å²) in [5.74, 6) is 0.393. The van der Waals surface area contributed by atoms with E-state index in [2.05, 4.69) is 266 Å². The van der Waals surface area contributed by atoms with E-state index in [0.29, 0.717) is 5.92 Å². The quantitative estimate of drug-likeness (QED) is 0.142. The van der Waals surface area contributed by atoms with Crippen molar-refractivity contribution in [3.05, 3.63) is 273 Å². The second kappa shape index (κ2) is 17.6. The maximum absolute atomic E-state index is 2.51. The van der Waals surface area contributed by atoms with E-state index in [0.717, 1.165) is 19.3 Å². The number of benzene rings is 10. The molecule has 366 valence electrons. The summed E-state index contributed by atoms with van der Waals surface area (Å²) >= 11 is 0. The van der Waals surface area contributed by atoms with Crippen LogP contribution in [-0.2, 0) is 17.3 Å². The number of hydrogen-bond donors (Lipinski definition) is 0. The van der Waals surface area contributed by atoms with Crippen LogP contribution in [0.15, 0.2) is 218 Å². The first kappa shape index (κ1) is 46.2. The minimum Gasteiger partial charge on any atom is -0.0722 e. The first-order chi connectivity index (χ1) is 37.0. The Hall–Kier alpha value is -8.32. The monoisotopic (exact) mass is 974 g/mol. The fraction of sp³-hybridized carbons (Fsp3) is 0.158. The second-order valence-corrected chi connectivity index (χ2v) is 23.1. The fourth-order valence-electron chi connectivity index (χ4n) is 13.8. The molecule has 0 N–H and O–H groups in total. The Bertz CT molecular complexity index is 4270. The highest BCUT2D eigenvalue weighted by Gasteiger charge is 2.38. The van der Waals surface area contributed by atoms with Crippen LogP contribution >= 0.6 is 0 Å². The molecular weight excluding hydrogens is 913 g/mol. The molecule has 0 bridgehead atoms. The Kier molecular flexibility index (Phi) is 10.7. The zero-order chi connectivity index (χ0) is 51.5. The van der Waals surface area contributed by atoms with Gasteiger partial charge in [0, 0.05) is 10.8 Å². The zero-order valence-corrected chi connectivity index (χ0v) is 44.6. The number of aryl methyl sites for hydroxylation is 1. The van der Waals surface area contributed by atoms with Crippen LogP contribution in [0.3, 0.4) is 0 Å². The summed E-state index contributed by atoms with van der Waals surface area (Å²) in [5.41, 5.74) is 30.7. The molecule has 0 amide bonds. The SMILES string of the molecule is CCc1cc(-c2ccc3c(c2)C(C)(C)c2cc(-c4cccc(-c5cccc6ccccc56)c4)ccc2-3)ccc1C1=CC=C(c2ccc3c(c2)C(C)(C)c2cc(-c4cccc(C5=c6ccccc6=CC5)c4)ccc2-3)C(C)C1. The standard InChI is InChI=1S/C76H62/c1-7-48-40-53(56-29-37-68-67-35-27-54(43-71(67)75(3,4)73(68)45-56)51-18-12-20-57(41-51)65-24-14-17-49-15-8-10-22-63(49)65)26-33-62(48)59-30-32-61(47(2)39-59)60-31-38-70-69-36-28-55(44-72(69)76(5,6)74(70)46-60)52-19-13-21-58(42-52)66-34-25-50-16-9-11-23-64(50)66/h8-33,35-38,40-47H,7,34,39H2,1-6H3. The van der Waals surface area contributed by atoms with Crippen LogP contribution in [-0.4, -0.2) is 0 Å². The molecule has 76 heavy (non-hydrogen) atoms. The van der Waals surface area contributed by atoms with E-state index in [1.807, 2.05) is 0 Å². The normalized spacial score (nSPS) is 16.3. The summed E-state index contributed by atoms with van der Waals surface area (Å²) in [6, 6.07) is 78.4. The molecule has 14 rings (SSSR count). The van der Waals surface area contributed by atoms with E-state index >= 15 is 0 Å². The van der Waals surface area contributed by atoms with Crippen LogP contribution in [0.1, 0.15) is 98.9 Å². The molecule has 0 heteroatoms. The average molecular weight is 975 g/mol. The first-order valence-electron chi connectivity index (χ1n) is 27.6. The highest BCUT2D eigenvalue weighted by atomic mass is 14.4. The van der Waals surface area contributed by atoms with Gasteiger partial charge < -0.3 is 0 Å². The van der Waals surface area contributed by atoms with E-state index < -0.39 is 0 Å². The smallest absolute Gasteiger partial charge is 0.0159 e. The van der Waals surface area contributed by atoms with Crippen molar-refractivity contribution >= 4 is 33.6 Å². The third-order valence-corrected chi connectivity index (χ3v) is 18.0. The third kappa shape index (κ3) is 7.40. The number of allylic oxidation sites excluding steroid dienone is 4. The minimum absolute atomic E-state index is 0.117. The molecule has 0 spiro atoms. The highest BCUT2D eigenvalue weighted by Crippen LogP contribution is 2.53. The average Bonchev–Trinajstić information content (AvgIpc) is 4.09. The van der Waals surface area contributed by atoms with Gasteiger partial charge in [0.15, 0.2) is 0 Å². The van der Waals surface area contributed by atoms with Gasteiger partial charge in [-0.2, -0.15) is 0 Å². The van der Waals surface area contributed by atoms with E-state index in [1.165, 1.54) is 149 Å². The Morgan fingerprint density at radius 2 is 0.895 bits per heavy atom. The van der Waals surface area contributed by atoms with Gasteiger partial charge in [0.25, 0.3) is 0 Å². The minimum atomic E-state index is -0.138. The third-order valence-electron chi connectivity index (χ3n) is 18.0. The summed E-state index contributed by atoms with van der Waals surface area (Å²) in [5, 5.41) is 5.27. The molecule has 10 aromatic rings. The van der Waals surface area contributed by atoms with Crippen LogP contribution in [0.4, 0.5) is 0 Å². The van der Waals surface area contributed by atoms with Gasteiger partial charge in [-0.25, -0.2) is 0 Å². The zero-order valence-electron chi connectivity index (χ0n) is 44.6. The lowest BCUT2D eigenvalue weighted by Crippen LogP contribution is -2.22. The Morgan fingerprint density at radius 1 is 0.408 bits per heavy atom. The molecule has 0 nitrogen and oxygen atoms in total. The van der Waals surface area contributed by atoms with Crippen molar-refractivity contribution in [2.24, 2.45) is 5.92 Å². The van der Waals surface area contributed by atoms with Crippen molar-refractivity contribution in [2.45, 2.75) is 71.6 Å². The fourth-order valence-corrected chi connectivity index (χ4v) is 13.8. The molecule has 0 radical (unpaired) electrons. The first-order valence-corrected chi connectivity index (χ1v) is 27.6. The molecule has 1 atom stereocenters. The molecule has 0 heterocycles. The van der Waals surface area contributed by atoms with Crippen molar-refractivity contribution < 1.29 is 0 Å². The van der Waals surface area contributed by atoms with Gasteiger partial charge in [0.2, 0.25) is 0 Å². The lowest BCUT2D eigenvalue weighted by atomic mass is 9.78. The van der Waals surface area contributed by atoms with Crippen LogP contribution in [0, 0.1) is 5.92 Å². The van der Waals surface area contributed by atoms with E-state index in [4.69, 9.17) is 0 Å². The van der Waals surface area contributed by atoms with Crippen molar-refractivity contribution in [2.75, 3.05) is 0 Å². The van der Waals surface area contributed by atoms with E-state index in [1.54, 1.807) is 0 Å². The van der Waals surface area contributed by atoms with Crippen LogP contribution in [0.2, 0.25) is 0 Å². The van der Waals surface area contributed by atoms with Gasteiger partial charge in [-0.05, 0) is 211 Å². The molecule has 4 aliphatic rings.